The molecule has 1 amide bonds. The number of carbonyl (C=O) groups excluding carboxylic acids is 2. The standard InChI is InChI=1S/C15H13NO5/c1-9(17)11-6-13-14(21-8-20-13)7-12(11)16-15(18)5-10-3-2-4-19-10/h2-4,6-7H,5,8H2,1H3,(H,16,18). The van der Waals surface area contributed by atoms with Crippen molar-refractivity contribution in [1.29, 1.82) is 0 Å². The minimum atomic E-state index is -0.272. The van der Waals surface area contributed by atoms with Gasteiger partial charge < -0.3 is 19.2 Å². The van der Waals surface area contributed by atoms with Crippen molar-refractivity contribution < 1.29 is 23.5 Å². The average Bonchev–Trinajstić information content (AvgIpc) is 3.07. The predicted octanol–water partition coefficient (Wildman–Crippen LogP) is 2.39. The summed E-state index contributed by atoms with van der Waals surface area (Å²) in [5, 5.41) is 2.70. The Bertz CT molecular complexity index is 690. The average molecular weight is 287 g/mol. The molecule has 1 aromatic heterocycles. The molecule has 0 saturated carbocycles. The number of nitrogens with one attached hydrogen (secondary N) is 1. The number of Topliss-reactive ketones (excluding diaryl/α,β-unsaturated/α-hetero) is 1. The van der Waals surface area contributed by atoms with Crippen molar-refractivity contribution in [3.63, 3.8) is 0 Å². The summed E-state index contributed by atoms with van der Waals surface area (Å²) < 4.78 is 15.6. The van der Waals surface area contributed by atoms with Crippen molar-refractivity contribution >= 4 is 17.4 Å². The third kappa shape index (κ3) is 2.74. The summed E-state index contributed by atoms with van der Waals surface area (Å²) in [6, 6.07) is 6.60. The molecule has 0 spiro atoms. The summed E-state index contributed by atoms with van der Waals surface area (Å²) in [6.45, 7) is 1.54. The van der Waals surface area contributed by atoms with Crippen LogP contribution in [0.5, 0.6) is 11.5 Å². The molecule has 1 aromatic carbocycles. The minimum Gasteiger partial charge on any atom is -0.469 e. The van der Waals surface area contributed by atoms with E-state index >= 15 is 0 Å². The van der Waals surface area contributed by atoms with Crippen LogP contribution in [0.1, 0.15) is 23.0 Å². The third-order valence-electron chi connectivity index (χ3n) is 3.08. The van der Waals surface area contributed by atoms with E-state index in [-0.39, 0.29) is 24.9 Å². The molecule has 0 fully saturated rings. The van der Waals surface area contributed by atoms with E-state index in [1.165, 1.54) is 13.2 Å². The van der Waals surface area contributed by atoms with E-state index in [1.807, 2.05) is 0 Å². The molecule has 3 rings (SSSR count). The SMILES string of the molecule is CC(=O)c1cc2c(cc1NC(=O)Cc1ccco1)OCO2. The Morgan fingerprint density at radius 1 is 1.24 bits per heavy atom. The summed E-state index contributed by atoms with van der Waals surface area (Å²) in [5.74, 6) is 1.13. The molecule has 21 heavy (non-hydrogen) atoms. The zero-order valence-electron chi connectivity index (χ0n) is 11.3. The summed E-state index contributed by atoms with van der Waals surface area (Å²) >= 11 is 0. The van der Waals surface area contributed by atoms with Crippen molar-refractivity contribution in [2.45, 2.75) is 13.3 Å². The molecule has 0 aliphatic carbocycles. The highest BCUT2D eigenvalue weighted by Gasteiger charge is 2.20. The van der Waals surface area contributed by atoms with Crippen molar-refractivity contribution in [2.24, 2.45) is 0 Å². The second-order valence-electron chi connectivity index (χ2n) is 4.61. The molecule has 1 aliphatic heterocycles. The van der Waals surface area contributed by atoms with Crippen molar-refractivity contribution in [2.75, 3.05) is 12.1 Å². The Balaban J connectivity index is 1.84. The predicted molar refractivity (Wildman–Crippen MR) is 73.6 cm³/mol. The van der Waals surface area contributed by atoms with E-state index in [4.69, 9.17) is 13.9 Å². The van der Waals surface area contributed by atoms with Gasteiger partial charge in [0, 0.05) is 11.6 Å². The maximum Gasteiger partial charge on any atom is 0.232 e. The minimum absolute atomic E-state index is 0.0960. The first-order chi connectivity index (χ1) is 10.1. The molecule has 2 aromatic rings. The lowest BCUT2D eigenvalue weighted by atomic mass is 10.1. The van der Waals surface area contributed by atoms with Gasteiger partial charge in [0.15, 0.2) is 17.3 Å². The van der Waals surface area contributed by atoms with Gasteiger partial charge in [-0.3, -0.25) is 9.59 Å². The monoisotopic (exact) mass is 287 g/mol. The van der Waals surface area contributed by atoms with Gasteiger partial charge in [0.1, 0.15) is 5.76 Å². The number of hydrogen-bond donors (Lipinski definition) is 1. The van der Waals surface area contributed by atoms with Crippen molar-refractivity contribution in [3.8, 4) is 11.5 Å². The number of benzene rings is 1. The molecular weight excluding hydrogens is 274 g/mol. The fourth-order valence-corrected chi connectivity index (χ4v) is 2.10. The topological polar surface area (TPSA) is 77.8 Å². The summed E-state index contributed by atoms with van der Waals surface area (Å²) in [7, 11) is 0. The molecule has 0 radical (unpaired) electrons. The zero-order chi connectivity index (χ0) is 14.8. The first-order valence-electron chi connectivity index (χ1n) is 6.40. The van der Waals surface area contributed by atoms with Gasteiger partial charge in [0.2, 0.25) is 12.7 Å². The van der Waals surface area contributed by atoms with Crippen molar-refractivity contribution in [1.82, 2.24) is 0 Å². The largest absolute Gasteiger partial charge is 0.469 e. The van der Waals surface area contributed by atoms with Gasteiger partial charge in [0.25, 0.3) is 0 Å². The van der Waals surface area contributed by atoms with E-state index in [0.717, 1.165) is 0 Å². The van der Waals surface area contributed by atoms with Gasteiger partial charge in [-0.25, -0.2) is 0 Å². The Labute approximate surface area is 120 Å². The van der Waals surface area contributed by atoms with Gasteiger partial charge in [-0.2, -0.15) is 0 Å². The Morgan fingerprint density at radius 2 is 2.00 bits per heavy atom. The van der Waals surface area contributed by atoms with Gasteiger partial charge in [0.05, 0.1) is 18.4 Å². The van der Waals surface area contributed by atoms with Crippen LogP contribution >= 0.6 is 0 Å². The lowest BCUT2D eigenvalue weighted by molar-refractivity contribution is -0.115. The highest BCUT2D eigenvalue weighted by atomic mass is 16.7. The first-order valence-corrected chi connectivity index (χ1v) is 6.40. The molecule has 0 bridgehead atoms. The third-order valence-corrected chi connectivity index (χ3v) is 3.08. The van der Waals surface area contributed by atoms with Crippen LogP contribution < -0.4 is 14.8 Å². The molecular formula is C15H13NO5. The second kappa shape index (κ2) is 5.32. The lowest BCUT2D eigenvalue weighted by Crippen LogP contribution is -2.16. The van der Waals surface area contributed by atoms with Crippen LogP contribution in [0.25, 0.3) is 0 Å². The summed E-state index contributed by atoms with van der Waals surface area (Å²) in [6.07, 6.45) is 1.60. The van der Waals surface area contributed by atoms with Gasteiger partial charge in [-0.15, -0.1) is 0 Å². The molecule has 0 atom stereocenters. The number of rotatable bonds is 4. The highest BCUT2D eigenvalue weighted by molar-refractivity contribution is 6.04. The highest BCUT2D eigenvalue weighted by Crippen LogP contribution is 2.37. The molecule has 2 heterocycles. The van der Waals surface area contributed by atoms with Crippen LogP contribution in [0.2, 0.25) is 0 Å². The van der Waals surface area contributed by atoms with Crippen LogP contribution in [-0.2, 0) is 11.2 Å². The van der Waals surface area contributed by atoms with Gasteiger partial charge >= 0.3 is 0 Å². The molecule has 1 aliphatic rings. The zero-order valence-corrected chi connectivity index (χ0v) is 11.3. The number of amides is 1. The van der Waals surface area contributed by atoms with Crippen LogP contribution in [-0.4, -0.2) is 18.5 Å². The number of ether oxygens (including phenoxy) is 2. The Morgan fingerprint density at radius 3 is 2.67 bits per heavy atom. The molecule has 108 valence electrons. The summed E-state index contributed by atoms with van der Waals surface area (Å²) in [5.41, 5.74) is 0.787. The second-order valence-corrected chi connectivity index (χ2v) is 4.61. The normalized spacial score (nSPS) is 12.2. The maximum absolute atomic E-state index is 12.0. The Kier molecular flexibility index (Phi) is 3.35. The molecule has 0 saturated heterocycles. The molecule has 0 unspecified atom stereocenters. The molecule has 6 nitrogen and oxygen atoms in total. The lowest BCUT2D eigenvalue weighted by Gasteiger charge is -2.10. The number of fused-ring (bicyclic) bond motifs is 1. The van der Waals surface area contributed by atoms with Crippen LogP contribution in [0.15, 0.2) is 34.9 Å². The van der Waals surface area contributed by atoms with E-state index < -0.39 is 0 Å². The van der Waals surface area contributed by atoms with Crippen LogP contribution in [0, 0.1) is 0 Å². The summed E-state index contributed by atoms with van der Waals surface area (Å²) in [4.78, 5) is 23.7. The number of furan rings is 1. The Hall–Kier alpha value is -2.76. The van der Waals surface area contributed by atoms with E-state index in [1.54, 1.807) is 24.3 Å². The molecule has 1 N–H and O–H groups in total. The van der Waals surface area contributed by atoms with Gasteiger partial charge in [-0.05, 0) is 25.1 Å². The number of ketones is 1. The number of anilines is 1. The van der Waals surface area contributed by atoms with E-state index in [9.17, 15) is 9.59 Å². The van der Waals surface area contributed by atoms with Crippen LogP contribution in [0.4, 0.5) is 5.69 Å². The fourth-order valence-electron chi connectivity index (χ4n) is 2.10. The fraction of sp³-hybridized carbons (Fsp3) is 0.200. The molecule has 6 heteroatoms. The number of carbonyl (C=O) groups is 2. The quantitative estimate of drug-likeness (QED) is 0.874. The van der Waals surface area contributed by atoms with E-state index in [2.05, 4.69) is 5.32 Å². The maximum atomic E-state index is 12.0. The first kappa shape index (κ1) is 13.2. The van der Waals surface area contributed by atoms with Gasteiger partial charge in [-0.1, -0.05) is 0 Å². The van der Waals surface area contributed by atoms with Crippen LogP contribution in [0.3, 0.4) is 0 Å². The van der Waals surface area contributed by atoms with Crippen molar-refractivity contribution in [3.05, 3.63) is 41.9 Å². The number of hydrogen-bond acceptors (Lipinski definition) is 5. The van der Waals surface area contributed by atoms with E-state index in [0.29, 0.717) is 28.5 Å². The smallest absolute Gasteiger partial charge is 0.232 e.